The van der Waals surface area contributed by atoms with Gasteiger partial charge in [0, 0.05) is 19.1 Å². The van der Waals surface area contributed by atoms with Crippen molar-refractivity contribution in [3.05, 3.63) is 29.3 Å². The number of rotatable bonds is 3. The molecule has 0 unspecified atom stereocenters. The Morgan fingerprint density at radius 3 is 2.21 bits per heavy atom. The van der Waals surface area contributed by atoms with E-state index >= 15 is 0 Å². The fourth-order valence-corrected chi connectivity index (χ4v) is 6.09. The third kappa shape index (κ3) is 3.14. The molecule has 2 heterocycles. The van der Waals surface area contributed by atoms with E-state index in [2.05, 4.69) is 4.90 Å². The number of hydrogen-bond acceptors (Lipinski definition) is 3. The molecule has 4 nitrogen and oxygen atoms in total. The molecule has 3 aliphatic rings. The van der Waals surface area contributed by atoms with E-state index in [1.54, 1.807) is 4.31 Å². The van der Waals surface area contributed by atoms with Crippen LogP contribution in [0.25, 0.3) is 0 Å². The Kier molecular flexibility index (Phi) is 4.67. The first-order chi connectivity index (χ1) is 11.6. The van der Waals surface area contributed by atoms with Crippen LogP contribution in [0.2, 0.25) is 0 Å². The van der Waals surface area contributed by atoms with Gasteiger partial charge in [-0.25, -0.2) is 8.42 Å². The molecule has 132 valence electrons. The number of fused-ring (bicyclic) bond motifs is 1. The fourth-order valence-electron chi connectivity index (χ4n) is 4.57. The summed E-state index contributed by atoms with van der Waals surface area (Å²) in [5, 5.41) is 0. The standard InChI is InChI=1S/C19H28N2O2S/c22-24(23,19-8-7-16-5-1-2-6-17(16)15-19)21-13-9-18(10-14-21)20-11-3-4-12-20/h7-8,15,18H,1-6,9-14H2. The average Bonchev–Trinajstić information content (AvgIpc) is 3.16. The molecule has 2 saturated heterocycles. The molecule has 0 saturated carbocycles. The van der Waals surface area contributed by atoms with Crippen molar-refractivity contribution < 1.29 is 8.42 Å². The van der Waals surface area contributed by atoms with Crippen LogP contribution < -0.4 is 0 Å². The number of benzene rings is 1. The Morgan fingerprint density at radius 2 is 1.50 bits per heavy atom. The van der Waals surface area contributed by atoms with Gasteiger partial charge in [-0.2, -0.15) is 4.31 Å². The van der Waals surface area contributed by atoms with E-state index in [-0.39, 0.29) is 0 Å². The van der Waals surface area contributed by atoms with E-state index in [9.17, 15) is 8.42 Å². The number of nitrogens with zero attached hydrogens (tertiary/aromatic N) is 2. The molecule has 0 spiro atoms. The zero-order valence-electron chi connectivity index (χ0n) is 14.4. The molecule has 2 fully saturated rings. The Labute approximate surface area is 145 Å². The first-order valence-corrected chi connectivity index (χ1v) is 10.9. The van der Waals surface area contributed by atoms with E-state index in [1.165, 1.54) is 49.9 Å². The van der Waals surface area contributed by atoms with Gasteiger partial charge in [-0.15, -0.1) is 0 Å². The van der Waals surface area contributed by atoms with Gasteiger partial charge in [-0.3, -0.25) is 0 Å². The van der Waals surface area contributed by atoms with E-state index in [0.29, 0.717) is 24.0 Å². The first kappa shape index (κ1) is 16.6. The average molecular weight is 349 g/mol. The number of likely N-dealkylation sites (tertiary alicyclic amines) is 1. The van der Waals surface area contributed by atoms with Crippen LogP contribution in [0.15, 0.2) is 23.1 Å². The highest BCUT2D eigenvalue weighted by Gasteiger charge is 2.32. The second-order valence-corrected chi connectivity index (χ2v) is 9.45. The van der Waals surface area contributed by atoms with Crippen LogP contribution in [0, 0.1) is 0 Å². The zero-order valence-corrected chi connectivity index (χ0v) is 15.2. The van der Waals surface area contributed by atoms with Gasteiger partial charge in [-0.1, -0.05) is 6.07 Å². The quantitative estimate of drug-likeness (QED) is 0.843. The molecule has 2 aliphatic heterocycles. The number of aryl methyl sites for hydroxylation is 2. The zero-order chi connectivity index (χ0) is 16.6. The van der Waals surface area contributed by atoms with Crippen LogP contribution in [-0.2, 0) is 22.9 Å². The minimum atomic E-state index is -3.33. The Bertz CT molecular complexity index is 687. The van der Waals surface area contributed by atoms with Gasteiger partial charge < -0.3 is 4.90 Å². The maximum Gasteiger partial charge on any atom is 0.243 e. The number of sulfonamides is 1. The Morgan fingerprint density at radius 1 is 0.833 bits per heavy atom. The summed E-state index contributed by atoms with van der Waals surface area (Å²) >= 11 is 0. The molecular formula is C19H28N2O2S. The molecule has 0 bridgehead atoms. The number of piperidine rings is 1. The molecule has 1 aromatic carbocycles. The minimum absolute atomic E-state index is 0.503. The molecule has 1 aliphatic carbocycles. The lowest BCUT2D eigenvalue weighted by atomic mass is 9.92. The summed E-state index contributed by atoms with van der Waals surface area (Å²) in [5.74, 6) is 0. The van der Waals surface area contributed by atoms with Gasteiger partial charge in [0.25, 0.3) is 0 Å². The SMILES string of the molecule is O=S(=O)(c1ccc2c(c1)CCCC2)N1CCC(N2CCCC2)CC1. The topological polar surface area (TPSA) is 40.6 Å². The normalized spacial score (nSPS) is 24.2. The summed E-state index contributed by atoms with van der Waals surface area (Å²) in [5.41, 5.74) is 2.59. The fraction of sp³-hybridized carbons (Fsp3) is 0.684. The molecule has 5 heteroatoms. The van der Waals surface area contributed by atoms with Crippen LogP contribution in [-0.4, -0.2) is 49.8 Å². The number of hydrogen-bond donors (Lipinski definition) is 0. The highest BCUT2D eigenvalue weighted by Crippen LogP contribution is 2.28. The third-order valence-electron chi connectivity index (χ3n) is 6.04. The summed E-state index contributed by atoms with van der Waals surface area (Å²) in [6.07, 6.45) is 9.07. The van der Waals surface area contributed by atoms with Gasteiger partial charge in [0.1, 0.15) is 0 Å². The van der Waals surface area contributed by atoms with E-state index < -0.39 is 10.0 Å². The minimum Gasteiger partial charge on any atom is -0.300 e. The van der Waals surface area contributed by atoms with Gasteiger partial charge >= 0.3 is 0 Å². The van der Waals surface area contributed by atoms with Crippen LogP contribution >= 0.6 is 0 Å². The third-order valence-corrected chi connectivity index (χ3v) is 7.93. The van der Waals surface area contributed by atoms with Crippen molar-refractivity contribution in [3.8, 4) is 0 Å². The molecule has 0 radical (unpaired) electrons. The van der Waals surface area contributed by atoms with Gasteiger partial charge in [0.15, 0.2) is 0 Å². The molecule has 0 atom stereocenters. The van der Waals surface area contributed by atoms with Crippen LogP contribution in [0.1, 0.15) is 49.7 Å². The summed E-state index contributed by atoms with van der Waals surface area (Å²) < 4.78 is 27.7. The van der Waals surface area contributed by atoms with E-state index in [1.807, 2.05) is 18.2 Å². The van der Waals surface area contributed by atoms with Crippen molar-refractivity contribution >= 4 is 10.0 Å². The van der Waals surface area contributed by atoms with Crippen molar-refractivity contribution in [1.82, 2.24) is 9.21 Å². The van der Waals surface area contributed by atoms with Crippen molar-refractivity contribution in [2.45, 2.75) is 62.3 Å². The summed E-state index contributed by atoms with van der Waals surface area (Å²) in [6.45, 7) is 3.73. The van der Waals surface area contributed by atoms with Crippen molar-refractivity contribution in [2.24, 2.45) is 0 Å². The lowest BCUT2D eigenvalue weighted by Gasteiger charge is -2.36. The lowest BCUT2D eigenvalue weighted by molar-refractivity contribution is 0.168. The smallest absolute Gasteiger partial charge is 0.243 e. The predicted octanol–water partition coefficient (Wildman–Crippen LogP) is 2.81. The van der Waals surface area contributed by atoms with Crippen molar-refractivity contribution in [1.29, 1.82) is 0 Å². The molecule has 1 aromatic rings. The maximum atomic E-state index is 13.0. The van der Waals surface area contributed by atoms with Crippen molar-refractivity contribution in [3.63, 3.8) is 0 Å². The highest BCUT2D eigenvalue weighted by atomic mass is 32.2. The first-order valence-electron chi connectivity index (χ1n) is 9.50. The van der Waals surface area contributed by atoms with E-state index in [0.717, 1.165) is 25.7 Å². The molecule has 0 N–H and O–H groups in total. The second kappa shape index (κ2) is 6.77. The van der Waals surface area contributed by atoms with Crippen molar-refractivity contribution in [2.75, 3.05) is 26.2 Å². The largest absolute Gasteiger partial charge is 0.300 e. The summed E-state index contributed by atoms with van der Waals surface area (Å²) in [4.78, 5) is 3.06. The monoisotopic (exact) mass is 348 g/mol. The molecule has 0 aromatic heterocycles. The molecule has 24 heavy (non-hydrogen) atoms. The second-order valence-electron chi connectivity index (χ2n) is 7.52. The van der Waals surface area contributed by atoms with Gasteiger partial charge in [0.2, 0.25) is 10.0 Å². The molecular weight excluding hydrogens is 320 g/mol. The Hall–Kier alpha value is -0.910. The van der Waals surface area contributed by atoms with E-state index in [4.69, 9.17) is 0 Å². The molecule has 0 amide bonds. The summed E-state index contributed by atoms with van der Waals surface area (Å²) in [7, 11) is -3.33. The van der Waals surface area contributed by atoms with Crippen LogP contribution in [0.3, 0.4) is 0 Å². The highest BCUT2D eigenvalue weighted by molar-refractivity contribution is 7.89. The van der Waals surface area contributed by atoms with Crippen LogP contribution in [0.4, 0.5) is 0 Å². The summed E-state index contributed by atoms with van der Waals surface area (Å²) in [6, 6.07) is 6.39. The predicted molar refractivity (Wildman–Crippen MR) is 95.7 cm³/mol. The maximum absolute atomic E-state index is 13.0. The van der Waals surface area contributed by atoms with Gasteiger partial charge in [-0.05, 0) is 87.7 Å². The Balaban J connectivity index is 1.47. The van der Waals surface area contributed by atoms with Gasteiger partial charge in [0.05, 0.1) is 4.90 Å². The van der Waals surface area contributed by atoms with Crippen LogP contribution in [0.5, 0.6) is 0 Å². The molecule has 4 rings (SSSR count). The lowest BCUT2D eigenvalue weighted by Crippen LogP contribution is -2.45.